The average Bonchev–Trinajstić information content (AvgIpc) is 3.28. The third-order valence-electron chi connectivity index (χ3n) is 5.69. The van der Waals surface area contributed by atoms with Gasteiger partial charge in [0.1, 0.15) is 5.82 Å². The minimum Gasteiger partial charge on any atom is -0.493 e. The van der Waals surface area contributed by atoms with Crippen LogP contribution < -0.4 is 20.1 Å². The number of anilines is 2. The number of nitrogens with zero attached hydrogens (tertiary/aromatic N) is 5. The Kier molecular flexibility index (Phi) is 5.57. The predicted octanol–water partition coefficient (Wildman–Crippen LogP) is 0.974. The molecule has 2 saturated heterocycles. The second kappa shape index (κ2) is 8.28. The highest BCUT2D eigenvalue weighted by atomic mass is 16.5. The van der Waals surface area contributed by atoms with Gasteiger partial charge < -0.3 is 25.0 Å². The summed E-state index contributed by atoms with van der Waals surface area (Å²) >= 11 is 0. The van der Waals surface area contributed by atoms with E-state index in [1.165, 1.54) is 0 Å². The quantitative estimate of drug-likeness (QED) is 0.793. The van der Waals surface area contributed by atoms with Crippen LogP contribution in [0.4, 0.5) is 11.8 Å². The first-order valence-corrected chi connectivity index (χ1v) is 10.0. The smallest absolute Gasteiger partial charge is 0.236 e. The van der Waals surface area contributed by atoms with Crippen molar-refractivity contribution < 1.29 is 14.3 Å². The highest BCUT2D eigenvalue weighted by molar-refractivity contribution is 5.91. The lowest BCUT2D eigenvalue weighted by Crippen LogP contribution is -2.50. The second-order valence-corrected chi connectivity index (χ2v) is 7.48. The van der Waals surface area contributed by atoms with Crippen molar-refractivity contribution in [3.05, 3.63) is 12.1 Å². The number of nitrogen functional groups attached to an aromatic ring is 1. The molecule has 0 unspecified atom stereocenters. The fraction of sp³-hybridized carbons (Fsp3) is 0.550. The summed E-state index contributed by atoms with van der Waals surface area (Å²) in [4.78, 5) is 27.9. The van der Waals surface area contributed by atoms with E-state index in [1.807, 2.05) is 11.0 Å². The van der Waals surface area contributed by atoms with Gasteiger partial charge in [-0.05, 0) is 18.9 Å². The minimum absolute atomic E-state index is 0.239. The van der Waals surface area contributed by atoms with Gasteiger partial charge in [-0.15, -0.1) is 0 Å². The van der Waals surface area contributed by atoms with Crippen molar-refractivity contribution in [2.24, 2.45) is 0 Å². The lowest BCUT2D eigenvalue weighted by molar-refractivity contribution is -0.131. The zero-order chi connectivity index (χ0) is 20.4. The van der Waals surface area contributed by atoms with Crippen LogP contribution in [0.5, 0.6) is 11.5 Å². The van der Waals surface area contributed by atoms with Crippen molar-refractivity contribution >= 4 is 28.6 Å². The first kappa shape index (κ1) is 19.5. The zero-order valence-corrected chi connectivity index (χ0v) is 17.1. The lowest BCUT2D eigenvalue weighted by Gasteiger charge is -2.35. The van der Waals surface area contributed by atoms with Crippen LogP contribution in [0, 0.1) is 0 Å². The fourth-order valence-corrected chi connectivity index (χ4v) is 3.97. The number of nitrogens with two attached hydrogens (primary N) is 1. The topological polar surface area (TPSA) is 97.1 Å². The van der Waals surface area contributed by atoms with E-state index >= 15 is 0 Å². The molecule has 0 saturated carbocycles. The van der Waals surface area contributed by atoms with Gasteiger partial charge in [0.15, 0.2) is 11.5 Å². The van der Waals surface area contributed by atoms with Crippen LogP contribution in [0.1, 0.15) is 12.8 Å². The average molecular weight is 400 g/mol. The maximum absolute atomic E-state index is 12.4. The van der Waals surface area contributed by atoms with Gasteiger partial charge in [-0.25, -0.2) is 4.98 Å². The van der Waals surface area contributed by atoms with Crippen molar-refractivity contribution in [2.75, 3.05) is 70.7 Å². The SMILES string of the molecule is COc1cc2nc(N3CCN(CC(=O)N4CCCC4)CC3)nc(N)c2cc1OC. The molecule has 0 aliphatic carbocycles. The number of ether oxygens (including phenoxy) is 2. The van der Waals surface area contributed by atoms with Gasteiger partial charge in [0.25, 0.3) is 0 Å². The molecule has 0 radical (unpaired) electrons. The Morgan fingerprint density at radius 3 is 2.31 bits per heavy atom. The number of piperazine rings is 1. The van der Waals surface area contributed by atoms with Crippen LogP contribution in [0.25, 0.3) is 10.9 Å². The predicted molar refractivity (Wildman–Crippen MR) is 112 cm³/mol. The molecule has 9 heteroatoms. The number of hydrogen-bond donors (Lipinski definition) is 1. The Bertz CT molecular complexity index is 891. The number of hydrogen-bond acceptors (Lipinski definition) is 8. The number of methoxy groups -OCH3 is 2. The van der Waals surface area contributed by atoms with Crippen LogP contribution in [0.3, 0.4) is 0 Å². The molecule has 2 aromatic rings. The molecule has 9 nitrogen and oxygen atoms in total. The van der Waals surface area contributed by atoms with Crippen molar-refractivity contribution in [3.8, 4) is 11.5 Å². The normalized spacial score (nSPS) is 17.7. The molecular weight excluding hydrogens is 372 g/mol. The van der Waals surface area contributed by atoms with Gasteiger partial charge in [0.05, 0.1) is 26.3 Å². The Labute approximate surface area is 170 Å². The highest BCUT2D eigenvalue weighted by Crippen LogP contribution is 2.34. The summed E-state index contributed by atoms with van der Waals surface area (Å²) in [5, 5.41) is 0.737. The van der Waals surface area contributed by atoms with Crippen molar-refractivity contribution in [1.82, 2.24) is 19.8 Å². The molecule has 0 bridgehead atoms. The van der Waals surface area contributed by atoms with E-state index in [0.29, 0.717) is 29.8 Å². The number of carbonyl (C=O) groups excluding carboxylic acids is 1. The Balaban J connectivity index is 1.45. The van der Waals surface area contributed by atoms with Gasteiger partial charge in [-0.3, -0.25) is 9.69 Å². The van der Waals surface area contributed by atoms with Gasteiger partial charge in [0, 0.05) is 50.7 Å². The monoisotopic (exact) mass is 400 g/mol. The van der Waals surface area contributed by atoms with E-state index in [-0.39, 0.29) is 5.91 Å². The molecule has 3 heterocycles. The number of carbonyl (C=O) groups is 1. The summed E-state index contributed by atoms with van der Waals surface area (Å²) in [6.07, 6.45) is 2.24. The van der Waals surface area contributed by atoms with E-state index in [0.717, 1.165) is 63.0 Å². The molecule has 1 aromatic heterocycles. The summed E-state index contributed by atoms with van der Waals surface area (Å²) in [5.41, 5.74) is 6.93. The summed E-state index contributed by atoms with van der Waals surface area (Å²) in [6.45, 7) is 5.40. The third-order valence-corrected chi connectivity index (χ3v) is 5.69. The van der Waals surface area contributed by atoms with Gasteiger partial charge >= 0.3 is 0 Å². The van der Waals surface area contributed by atoms with E-state index in [1.54, 1.807) is 20.3 Å². The Hall–Kier alpha value is -2.81. The summed E-state index contributed by atoms with van der Waals surface area (Å²) < 4.78 is 10.7. The van der Waals surface area contributed by atoms with E-state index in [4.69, 9.17) is 20.2 Å². The first-order valence-electron chi connectivity index (χ1n) is 10.0. The highest BCUT2D eigenvalue weighted by Gasteiger charge is 2.25. The Morgan fingerprint density at radius 2 is 1.66 bits per heavy atom. The molecule has 156 valence electrons. The summed E-state index contributed by atoms with van der Waals surface area (Å²) in [5.74, 6) is 2.46. The van der Waals surface area contributed by atoms with E-state index in [2.05, 4.69) is 14.8 Å². The molecule has 4 rings (SSSR count). The van der Waals surface area contributed by atoms with Crippen LogP contribution in [0.2, 0.25) is 0 Å². The van der Waals surface area contributed by atoms with Crippen LogP contribution in [-0.4, -0.2) is 85.7 Å². The van der Waals surface area contributed by atoms with Crippen molar-refractivity contribution in [3.63, 3.8) is 0 Å². The van der Waals surface area contributed by atoms with Gasteiger partial charge in [0.2, 0.25) is 11.9 Å². The van der Waals surface area contributed by atoms with Crippen molar-refractivity contribution in [2.45, 2.75) is 12.8 Å². The number of likely N-dealkylation sites (tertiary alicyclic amines) is 1. The van der Waals surface area contributed by atoms with Gasteiger partial charge in [-0.1, -0.05) is 0 Å². The van der Waals surface area contributed by atoms with Gasteiger partial charge in [-0.2, -0.15) is 4.98 Å². The molecule has 1 aromatic carbocycles. The minimum atomic E-state index is 0.239. The molecule has 0 atom stereocenters. The third kappa shape index (κ3) is 4.00. The number of rotatable bonds is 5. The zero-order valence-electron chi connectivity index (χ0n) is 17.1. The maximum Gasteiger partial charge on any atom is 0.236 e. The summed E-state index contributed by atoms with van der Waals surface area (Å²) in [6, 6.07) is 3.62. The number of aromatic nitrogens is 2. The summed E-state index contributed by atoms with van der Waals surface area (Å²) in [7, 11) is 3.18. The van der Waals surface area contributed by atoms with E-state index < -0.39 is 0 Å². The number of fused-ring (bicyclic) bond motifs is 1. The molecule has 2 fully saturated rings. The molecular formula is C20H28N6O3. The second-order valence-electron chi connectivity index (χ2n) is 7.48. The van der Waals surface area contributed by atoms with E-state index in [9.17, 15) is 4.79 Å². The number of amides is 1. The van der Waals surface area contributed by atoms with Crippen LogP contribution in [0.15, 0.2) is 12.1 Å². The van der Waals surface area contributed by atoms with Crippen LogP contribution in [-0.2, 0) is 4.79 Å². The molecule has 0 spiro atoms. The largest absolute Gasteiger partial charge is 0.493 e. The molecule has 29 heavy (non-hydrogen) atoms. The maximum atomic E-state index is 12.4. The standard InChI is InChI=1S/C20H28N6O3/c1-28-16-11-14-15(12-17(16)29-2)22-20(23-19(14)21)26-9-7-24(8-10-26)13-18(27)25-5-3-4-6-25/h11-12H,3-10,13H2,1-2H3,(H2,21,22,23). The Morgan fingerprint density at radius 1 is 1.00 bits per heavy atom. The van der Waals surface area contributed by atoms with Crippen molar-refractivity contribution in [1.29, 1.82) is 0 Å². The van der Waals surface area contributed by atoms with Crippen LogP contribution >= 0.6 is 0 Å². The number of benzene rings is 1. The first-order chi connectivity index (χ1) is 14.1. The lowest BCUT2D eigenvalue weighted by atomic mass is 10.2. The fourth-order valence-electron chi connectivity index (χ4n) is 3.97. The molecule has 2 aliphatic heterocycles. The molecule has 2 aliphatic rings. The molecule has 1 amide bonds. The molecule has 2 N–H and O–H groups in total.